The van der Waals surface area contributed by atoms with E-state index in [4.69, 9.17) is 28.4 Å². The van der Waals surface area contributed by atoms with E-state index in [1.807, 2.05) is 13.8 Å². The summed E-state index contributed by atoms with van der Waals surface area (Å²) in [4.78, 5) is 47.4. The number of esters is 3. The first-order valence-electron chi connectivity index (χ1n) is 13.7. The van der Waals surface area contributed by atoms with Crippen molar-refractivity contribution in [3.63, 3.8) is 0 Å². The molecule has 1 saturated heterocycles. The summed E-state index contributed by atoms with van der Waals surface area (Å²) >= 11 is 0. The van der Waals surface area contributed by atoms with Gasteiger partial charge in [0, 0.05) is 31.9 Å². The molecule has 0 radical (unpaired) electrons. The zero-order valence-corrected chi connectivity index (χ0v) is 25.3. The number of aryl methyl sites for hydroxylation is 2. The standard InChI is InChI=1S/C29H43NO12/c1-16-12-21(13-17(2)23(16)30-27(36)26(35)29(6,7)15-31)37-10-8-9-11-38-28-25(42-20(5)34)24(41-19(4)33)22(14-39-28)40-18(3)32/h12-13,22,24-26,28,31,35H,8-11,14-15H2,1-7H3,(H,30,36)/t22-,24?,25-,26?,28?/m1/s1. The van der Waals surface area contributed by atoms with Gasteiger partial charge < -0.3 is 44.0 Å². The first kappa shape index (κ1) is 34.9. The minimum atomic E-state index is -1.38. The molecule has 1 heterocycles. The van der Waals surface area contributed by atoms with E-state index in [-0.39, 0.29) is 19.8 Å². The number of amides is 1. The van der Waals surface area contributed by atoms with Crippen molar-refractivity contribution in [1.29, 1.82) is 0 Å². The summed E-state index contributed by atoms with van der Waals surface area (Å²) < 4.78 is 33.1. The molecule has 1 fully saturated rings. The highest BCUT2D eigenvalue weighted by Crippen LogP contribution is 2.29. The molecule has 0 bridgehead atoms. The molecule has 0 aliphatic carbocycles. The number of aliphatic hydroxyl groups excluding tert-OH is 2. The molecule has 13 nitrogen and oxygen atoms in total. The van der Waals surface area contributed by atoms with Crippen LogP contribution in [0, 0.1) is 19.3 Å². The average molecular weight is 598 g/mol. The van der Waals surface area contributed by atoms with Crippen LogP contribution in [0.15, 0.2) is 12.1 Å². The lowest BCUT2D eigenvalue weighted by molar-refractivity contribution is -0.281. The molecule has 0 saturated carbocycles. The molecule has 5 atom stereocenters. The molecule has 13 heteroatoms. The summed E-state index contributed by atoms with van der Waals surface area (Å²) in [6, 6.07) is 3.55. The van der Waals surface area contributed by atoms with Crippen LogP contribution in [0.1, 0.15) is 58.6 Å². The van der Waals surface area contributed by atoms with Gasteiger partial charge in [0.2, 0.25) is 0 Å². The third kappa shape index (κ3) is 10.2. The van der Waals surface area contributed by atoms with Gasteiger partial charge in [0.25, 0.3) is 5.91 Å². The van der Waals surface area contributed by atoms with Gasteiger partial charge in [-0.25, -0.2) is 0 Å². The van der Waals surface area contributed by atoms with E-state index in [9.17, 15) is 29.4 Å². The lowest BCUT2D eigenvalue weighted by atomic mass is 9.87. The monoisotopic (exact) mass is 597 g/mol. The topological polar surface area (TPSA) is 176 Å². The van der Waals surface area contributed by atoms with E-state index in [0.29, 0.717) is 30.9 Å². The Bertz CT molecular complexity index is 1080. The van der Waals surface area contributed by atoms with Crippen LogP contribution in [0.4, 0.5) is 5.69 Å². The molecule has 1 aliphatic rings. The molecular formula is C29H43NO12. The fourth-order valence-corrected chi connectivity index (χ4v) is 4.28. The van der Waals surface area contributed by atoms with Crippen molar-refractivity contribution in [3.05, 3.63) is 23.3 Å². The predicted molar refractivity (Wildman–Crippen MR) is 149 cm³/mol. The largest absolute Gasteiger partial charge is 0.494 e. The van der Waals surface area contributed by atoms with Crippen LogP contribution in [0.25, 0.3) is 0 Å². The number of ether oxygens (including phenoxy) is 6. The van der Waals surface area contributed by atoms with Crippen LogP contribution >= 0.6 is 0 Å². The highest BCUT2D eigenvalue weighted by atomic mass is 16.7. The smallest absolute Gasteiger partial charge is 0.303 e. The Morgan fingerprint density at radius 3 is 2.05 bits per heavy atom. The van der Waals surface area contributed by atoms with Gasteiger partial charge in [0.1, 0.15) is 11.9 Å². The predicted octanol–water partition coefficient (Wildman–Crippen LogP) is 1.95. The van der Waals surface area contributed by atoms with Crippen molar-refractivity contribution in [3.8, 4) is 5.75 Å². The highest BCUT2D eigenvalue weighted by Gasteiger charge is 2.47. The zero-order valence-electron chi connectivity index (χ0n) is 25.3. The lowest BCUT2D eigenvalue weighted by Crippen LogP contribution is -2.58. The van der Waals surface area contributed by atoms with Crippen molar-refractivity contribution >= 4 is 29.5 Å². The minimum Gasteiger partial charge on any atom is -0.494 e. The van der Waals surface area contributed by atoms with E-state index in [1.54, 1.807) is 26.0 Å². The molecule has 1 aromatic carbocycles. The number of carbonyl (C=O) groups is 4. The molecule has 1 aromatic rings. The van der Waals surface area contributed by atoms with Gasteiger partial charge in [-0.3, -0.25) is 19.2 Å². The van der Waals surface area contributed by atoms with E-state index in [1.165, 1.54) is 20.8 Å². The van der Waals surface area contributed by atoms with Gasteiger partial charge in [0.15, 0.2) is 24.6 Å². The van der Waals surface area contributed by atoms with Gasteiger partial charge >= 0.3 is 17.9 Å². The first-order chi connectivity index (χ1) is 19.7. The molecule has 3 unspecified atom stereocenters. The SMILES string of the molecule is CC(=O)OC1[C@@H](OC(C)=O)C(OCCCCOc2cc(C)c(NC(=O)C(O)C(C)(C)CO)c(C)c2)OC[C@H]1OC(C)=O. The van der Waals surface area contributed by atoms with E-state index in [2.05, 4.69) is 5.32 Å². The number of carbonyl (C=O) groups excluding carboxylic acids is 4. The van der Waals surface area contributed by atoms with Crippen LogP contribution in [-0.2, 0) is 42.9 Å². The van der Waals surface area contributed by atoms with Crippen LogP contribution in [0.5, 0.6) is 5.75 Å². The average Bonchev–Trinajstić information content (AvgIpc) is 2.89. The molecule has 0 aromatic heterocycles. The second-order valence-corrected chi connectivity index (χ2v) is 10.9. The van der Waals surface area contributed by atoms with Gasteiger partial charge in [-0.15, -0.1) is 0 Å². The van der Waals surface area contributed by atoms with Gasteiger partial charge in [0.05, 0.1) is 26.4 Å². The fraction of sp³-hybridized carbons (Fsp3) is 0.655. The summed E-state index contributed by atoms with van der Waals surface area (Å²) in [6.45, 7) is 10.5. The van der Waals surface area contributed by atoms with Crippen molar-refractivity contribution in [2.45, 2.75) is 92.0 Å². The molecule has 1 amide bonds. The molecule has 42 heavy (non-hydrogen) atoms. The Hall–Kier alpha value is -3.26. The Labute approximate surface area is 245 Å². The van der Waals surface area contributed by atoms with Crippen molar-refractivity contribution < 1.29 is 57.8 Å². The first-order valence-corrected chi connectivity index (χ1v) is 13.7. The minimum absolute atomic E-state index is 0.115. The molecule has 0 spiro atoms. The van der Waals surface area contributed by atoms with Crippen molar-refractivity contribution in [2.24, 2.45) is 5.41 Å². The van der Waals surface area contributed by atoms with E-state index < -0.39 is 59.9 Å². The second-order valence-electron chi connectivity index (χ2n) is 10.9. The fourth-order valence-electron chi connectivity index (χ4n) is 4.28. The van der Waals surface area contributed by atoms with E-state index in [0.717, 1.165) is 11.1 Å². The van der Waals surface area contributed by atoms with Crippen LogP contribution in [-0.4, -0.2) is 91.2 Å². The summed E-state index contributed by atoms with van der Waals surface area (Å²) in [5.74, 6) is -1.89. The Morgan fingerprint density at radius 2 is 1.50 bits per heavy atom. The molecule has 3 N–H and O–H groups in total. The number of nitrogens with one attached hydrogen (secondary N) is 1. The Kier molecular flexibility index (Phi) is 13.2. The summed E-state index contributed by atoms with van der Waals surface area (Å²) in [5.41, 5.74) is 1.07. The van der Waals surface area contributed by atoms with Crippen LogP contribution < -0.4 is 10.1 Å². The number of hydrogen-bond donors (Lipinski definition) is 3. The maximum Gasteiger partial charge on any atom is 0.303 e. The zero-order chi connectivity index (χ0) is 31.6. The quantitative estimate of drug-likeness (QED) is 0.162. The number of benzene rings is 1. The summed E-state index contributed by atoms with van der Waals surface area (Å²) in [5, 5.41) is 22.4. The number of unbranched alkanes of at least 4 members (excludes halogenated alkanes) is 1. The van der Waals surface area contributed by atoms with Gasteiger partial charge in [-0.05, 0) is 49.9 Å². The number of rotatable bonds is 14. The molecule has 1 aliphatic heterocycles. The molecular weight excluding hydrogens is 554 g/mol. The van der Waals surface area contributed by atoms with Crippen molar-refractivity contribution in [1.82, 2.24) is 0 Å². The van der Waals surface area contributed by atoms with Gasteiger partial charge in [-0.2, -0.15) is 0 Å². The number of anilines is 1. The third-order valence-electron chi connectivity index (χ3n) is 6.54. The normalized spacial score (nSPS) is 21.2. The summed E-state index contributed by atoms with van der Waals surface area (Å²) in [7, 11) is 0. The number of hydrogen-bond acceptors (Lipinski definition) is 12. The van der Waals surface area contributed by atoms with Crippen LogP contribution in [0.3, 0.4) is 0 Å². The van der Waals surface area contributed by atoms with E-state index >= 15 is 0 Å². The Morgan fingerprint density at radius 1 is 0.952 bits per heavy atom. The molecule has 2 rings (SSSR count). The van der Waals surface area contributed by atoms with Gasteiger partial charge in [-0.1, -0.05) is 13.8 Å². The second kappa shape index (κ2) is 15.8. The molecule has 236 valence electrons. The number of aliphatic hydroxyl groups is 2. The van der Waals surface area contributed by atoms with Crippen molar-refractivity contribution in [2.75, 3.05) is 31.7 Å². The maximum absolute atomic E-state index is 12.5. The van der Waals surface area contributed by atoms with Crippen LogP contribution in [0.2, 0.25) is 0 Å². The highest BCUT2D eigenvalue weighted by molar-refractivity contribution is 5.96. The summed E-state index contributed by atoms with van der Waals surface area (Å²) in [6.07, 6.45) is -4.46. The maximum atomic E-state index is 12.5. The lowest BCUT2D eigenvalue weighted by Gasteiger charge is -2.40. The Balaban J connectivity index is 1.90. The third-order valence-corrected chi connectivity index (χ3v) is 6.54.